The first-order chi connectivity index (χ1) is 23.8. The maximum atomic E-state index is 14.3. The molecule has 0 saturated heterocycles. The Hall–Kier alpha value is -4.89. The Bertz CT molecular complexity index is 2270. The Morgan fingerprint density at radius 3 is 2.47 bits per heavy atom. The molecular weight excluding hydrogens is 722 g/mol. The smallest absolute Gasteiger partial charge is 0.338 e. The van der Waals surface area contributed by atoms with Crippen molar-refractivity contribution in [3.05, 3.63) is 149 Å². The van der Waals surface area contributed by atoms with Crippen LogP contribution in [0.4, 0.5) is 0 Å². The molecule has 11 heteroatoms. The first kappa shape index (κ1) is 34.0. The van der Waals surface area contributed by atoms with Crippen molar-refractivity contribution >= 4 is 56.8 Å². The molecule has 0 N–H and O–H groups in total. The van der Waals surface area contributed by atoms with Crippen LogP contribution in [0.3, 0.4) is 0 Å². The molecule has 2 heterocycles. The van der Waals surface area contributed by atoms with Crippen molar-refractivity contribution in [2.45, 2.75) is 24.5 Å². The van der Waals surface area contributed by atoms with Gasteiger partial charge in [0.25, 0.3) is 5.56 Å². The fourth-order valence-corrected chi connectivity index (χ4v) is 7.47. The van der Waals surface area contributed by atoms with Crippen molar-refractivity contribution in [1.82, 2.24) is 4.57 Å². The molecule has 1 aliphatic heterocycles. The number of benzene rings is 4. The highest BCUT2D eigenvalue weighted by Gasteiger charge is 2.35. The summed E-state index contributed by atoms with van der Waals surface area (Å²) in [5, 5.41) is 9.08. The van der Waals surface area contributed by atoms with Crippen molar-refractivity contribution in [3.63, 3.8) is 0 Å². The molecule has 0 spiro atoms. The standard InChI is InChI=1S/C38H30BrN3O5S2/c1-4-46-37(44)32-33(26-8-6-5-7-9-26)41-38-42(34(32)27-14-16-28(48-3)17-15-27)36(43)31(49-38)20-25-18-29(39)35(30(19-25)45-2)47-22-24-12-10-23(21-40)11-13-24/h5-20,34H,4,22H2,1-3H3/b31-20-/t34-/m1/s1. The van der Waals surface area contributed by atoms with Gasteiger partial charge in [0, 0.05) is 10.5 Å². The second-order valence-electron chi connectivity index (χ2n) is 10.8. The van der Waals surface area contributed by atoms with Gasteiger partial charge in [0.05, 0.1) is 51.7 Å². The summed E-state index contributed by atoms with van der Waals surface area (Å²) in [6, 6.07) is 29.5. The number of esters is 1. The topological polar surface area (TPSA) is 103 Å². The van der Waals surface area contributed by atoms with Crippen LogP contribution in [0.2, 0.25) is 0 Å². The van der Waals surface area contributed by atoms with E-state index in [1.165, 1.54) is 11.3 Å². The van der Waals surface area contributed by atoms with Gasteiger partial charge in [0.2, 0.25) is 0 Å². The number of hydrogen-bond acceptors (Lipinski definition) is 9. The predicted molar refractivity (Wildman–Crippen MR) is 195 cm³/mol. The van der Waals surface area contributed by atoms with Crippen LogP contribution in [0.15, 0.2) is 116 Å². The molecule has 246 valence electrons. The van der Waals surface area contributed by atoms with Crippen molar-refractivity contribution in [3.8, 4) is 17.6 Å². The molecule has 49 heavy (non-hydrogen) atoms. The van der Waals surface area contributed by atoms with Crippen molar-refractivity contribution < 1.29 is 19.0 Å². The van der Waals surface area contributed by atoms with E-state index < -0.39 is 12.0 Å². The van der Waals surface area contributed by atoms with Gasteiger partial charge in [-0.05, 0) is 88.3 Å². The number of aromatic nitrogens is 1. The minimum absolute atomic E-state index is 0.177. The summed E-state index contributed by atoms with van der Waals surface area (Å²) in [4.78, 5) is 34.5. The molecule has 5 aromatic rings. The molecule has 0 unspecified atom stereocenters. The quantitative estimate of drug-likeness (QED) is 0.113. The van der Waals surface area contributed by atoms with Gasteiger partial charge in [-0.3, -0.25) is 9.36 Å². The fraction of sp³-hybridized carbons (Fsp3) is 0.158. The van der Waals surface area contributed by atoms with Crippen molar-refractivity contribution in [1.29, 1.82) is 5.26 Å². The average molecular weight is 753 g/mol. The number of ether oxygens (including phenoxy) is 3. The van der Waals surface area contributed by atoms with Gasteiger partial charge in [-0.1, -0.05) is 65.9 Å². The van der Waals surface area contributed by atoms with Crippen LogP contribution in [-0.4, -0.2) is 30.5 Å². The largest absolute Gasteiger partial charge is 0.493 e. The summed E-state index contributed by atoms with van der Waals surface area (Å²) in [7, 11) is 1.55. The van der Waals surface area contributed by atoms with E-state index in [0.29, 0.717) is 47.7 Å². The van der Waals surface area contributed by atoms with Crippen molar-refractivity contribution in [2.75, 3.05) is 20.0 Å². The molecule has 1 aromatic heterocycles. The molecule has 0 bridgehead atoms. The summed E-state index contributed by atoms with van der Waals surface area (Å²) in [5.74, 6) is 0.457. The number of fused-ring (bicyclic) bond motifs is 1. The van der Waals surface area contributed by atoms with Gasteiger partial charge in [-0.25, -0.2) is 9.79 Å². The van der Waals surface area contributed by atoms with Crippen LogP contribution in [0.5, 0.6) is 11.5 Å². The lowest BCUT2D eigenvalue weighted by Gasteiger charge is -2.26. The molecule has 1 aliphatic rings. The summed E-state index contributed by atoms with van der Waals surface area (Å²) < 4.78 is 20.0. The number of methoxy groups -OCH3 is 1. The zero-order valence-electron chi connectivity index (χ0n) is 26.8. The van der Waals surface area contributed by atoms with E-state index in [0.717, 1.165) is 21.6 Å². The maximum Gasteiger partial charge on any atom is 0.338 e. The lowest BCUT2D eigenvalue weighted by Crippen LogP contribution is -2.40. The number of halogens is 1. The molecule has 8 nitrogen and oxygen atoms in total. The first-order valence-corrected chi connectivity index (χ1v) is 18.1. The second kappa shape index (κ2) is 15.1. The summed E-state index contributed by atoms with van der Waals surface area (Å²) in [6.45, 7) is 2.20. The van der Waals surface area contributed by atoms with Gasteiger partial charge < -0.3 is 14.2 Å². The maximum absolute atomic E-state index is 14.3. The van der Waals surface area contributed by atoms with E-state index >= 15 is 0 Å². The van der Waals surface area contributed by atoms with Gasteiger partial charge in [-0.15, -0.1) is 11.8 Å². The number of hydrogen-bond donors (Lipinski definition) is 0. The van der Waals surface area contributed by atoms with Crippen LogP contribution in [0.1, 0.15) is 40.8 Å². The summed E-state index contributed by atoms with van der Waals surface area (Å²) in [6.07, 6.45) is 3.78. The zero-order valence-corrected chi connectivity index (χ0v) is 30.0. The highest BCUT2D eigenvalue weighted by molar-refractivity contribution is 9.10. The molecular formula is C38H30BrN3O5S2. The molecule has 0 fully saturated rings. The molecule has 0 radical (unpaired) electrons. The van der Waals surface area contributed by atoms with Gasteiger partial charge in [0.15, 0.2) is 16.3 Å². The predicted octanol–water partition coefficient (Wildman–Crippen LogP) is 6.88. The lowest BCUT2D eigenvalue weighted by atomic mass is 9.93. The SMILES string of the molecule is CCOC(=O)C1=C(c2ccccc2)N=c2s/c(=C\c3cc(Br)c(OCc4ccc(C#N)cc4)c(OC)c3)c(=O)n2[C@@H]1c1ccc(SC)cc1. The van der Waals surface area contributed by atoms with Crippen LogP contribution in [-0.2, 0) is 16.1 Å². The van der Waals surface area contributed by atoms with Gasteiger partial charge >= 0.3 is 5.97 Å². The molecule has 0 amide bonds. The monoisotopic (exact) mass is 751 g/mol. The van der Waals surface area contributed by atoms with Gasteiger partial charge in [0.1, 0.15) is 6.61 Å². The third-order valence-electron chi connectivity index (χ3n) is 7.82. The fourth-order valence-electron chi connectivity index (χ4n) is 5.49. The van der Waals surface area contributed by atoms with Crippen LogP contribution >= 0.6 is 39.0 Å². The molecule has 1 atom stereocenters. The highest BCUT2D eigenvalue weighted by Crippen LogP contribution is 2.38. The zero-order chi connectivity index (χ0) is 34.5. The molecule has 6 rings (SSSR count). The normalized spacial score (nSPS) is 14.1. The minimum atomic E-state index is -0.761. The van der Waals surface area contributed by atoms with E-state index in [2.05, 4.69) is 22.0 Å². The van der Waals surface area contributed by atoms with E-state index in [-0.39, 0.29) is 18.8 Å². The Kier molecular flexibility index (Phi) is 10.5. The Morgan fingerprint density at radius 2 is 1.82 bits per heavy atom. The van der Waals surface area contributed by atoms with Crippen LogP contribution in [0.25, 0.3) is 11.8 Å². The van der Waals surface area contributed by atoms with Crippen molar-refractivity contribution in [2.24, 2.45) is 4.99 Å². The third-order valence-corrected chi connectivity index (χ3v) is 10.1. The molecule has 0 saturated carbocycles. The second-order valence-corrected chi connectivity index (χ2v) is 13.6. The third kappa shape index (κ3) is 7.13. The number of thiazole rings is 1. The van der Waals surface area contributed by atoms with E-state index in [9.17, 15) is 9.59 Å². The van der Waals surface area contributed by atoms with E-state index in [4.69, 9.17) is 24.5 Å². The number of nitriles is 1. The Labute approximate surface area is 299 Å². The average Bonchev–Trinajstić information content (AvgIpc) is 3.44. The number of nitrogens with zero attached hydrogens (tertiary/aromatic N) is 3. The van der Waals surface area contributed by atoms with E-state index in [1.807, 2.05) is 79.1 Å². The Balaban J connectivity index is 1.47. The lowest BCUT2D eigenvalue weighted by molar-refractivity contribution is -0.138. The number of carbonyl (C=O) groups is 1. The van der Waals surface area contributed by atoms with Crippen LogP contribution < -0.4 is 24.4 Å². The Morgan fingerprint density at radius 1 is 1.08 bits per heavy atom. The minimum Gasteiger partial charge on any atom is -0.493 e. The molecule has 0 aliphatic carbocycles. The number of thioether (sulfide) groups is 1. The van der Waals surface area contributed by atoms with Crippen LogP contribution in [0, 0.1) is 11.3 Å². The highest BCUT2D eigenvalue weighted by atomic mass is 79.9. The summed E-state index contributed by atoms with van der Waals surface area (Å²) >= 11 is 6.48. The van der Waals surface area contributed by atoms with E-state index in [1.54, 1.807) is 54.6 Å². The molecule has 4 aromatic carbocycles. The number of carbonyl (C=O) groups excluding carboxylic acids is 1. The van der Waals surface area contributed by atoms with Gasteiger partial charge in [-0.2, -0.15) is 5.26 Å². The first-order valence-electron chi connectivity index (χ1n) is 15.3. The number of rotatable bonds is 10. The summed E-state index contributed by atoms with van der Waals surface area (Å²) in [5.41, 5.74) is 4.18.